The highest BCUT2D eigenvalue weighted by Crippen LogP contribution is 2.65. The normalized spacial score (nSPS) is 33.6. The molecular weight excluding hydrogens is 617 g/mol. The molecule has 9 nitrogen and oxygen atoms in total. The third-order valence-corrected chi connectivity index (χ3v) is 12.2. The van der Waals surface area contributed by atoms with E-state index in [1.165, 1.54) is 30.7 Å². The SMILES string of the molecule is COc1ccc(C2C3=CCC4C(=O)N(C5CCN(Cc6ccccc6)CC5)C(=O)C4C3CC3(Cl)C(=O)N(C)C(=O)C23Cl)cc1O. The minimum absolute atomic E-state index is 0.0546. The molecule has 1 N–H and O–H groups in total. The van der Waals surface area contributed by atoms with Gasteiger partial charge in [-0.15, -0.1) is 23.2 Å². The molecule has 45 heavy (non-hydrogen) atoms. The van der Waals surface area contributed by atoms with E-state index in [-0.39, 0.29) is 35.8 Å². The Hall–Kier alpha value is -3.40. The number of benzene rings is 2. The smallest absolute Gasteiger partial charge is 0.253 e. The van der Waals surface area contributed by atoms with Crippen molar-refractivity contribution in [2.24, 2.45) is 17.8 Å². The summed E-state index contributed by atoms with van der Waals surface area (Å²) in [4.78, 5) is 56.6. The predicted octanol–water partition coefficient (Wildman–Crippen LogP) is 4.05. The second-order valence-electron chi connectivity index (χ2n) is 13.0. The molecule has 6 atom stereocenters. The van der Waals surface area contributed by atoms with E-state index >= 15 is 0 Å². The van der Waals surface area contributed by atoms with Gasteiger partial charge in [-0.3, -0.25) is 33.9 Å². The van der Waals surface area contributed by atoms with Crippen LogP contribution >= 0.6 is 23.2 Å². The Morgan fingerprint density at radius 1 is 0.956 bits per heavy atom. The number of piperidine rings is 1. The first-order chi connectivity index (χ1) is 21.5. The second-order valence-corrected chi connectivity index (χ2v) is 14.2. The number of carbonyl (C=O) groups excluding carboxylic acids is 4. The van der Waals surface area contributed by atoms with Gasteiger partial charge in [0.05, 0.1) is 18.9 Å². The van der Waals surface area contributed by atoms with Gasteiger partial charge < -0.3 is 9.84 Å². The van der Waals surface area contributed by atoms with Gasteiger partial charge in [0.2, 0.25) is 11.8 Å². The fraction of sp³-hybridized carbons (Fsp3) is 0.471. The van der Waals surface area contributed by atoms with Crippen molar-refractivity contribution < 1.29 is 29.0 Å². The van der Waals surface area contributed by atoms with Crippen molar-refractivity contribution >= 4 is 46.8 Å². The van der Waals surface area contributed by atoms with Crippen molar-refractivity contribution in [2.75, 3.05) is 27.2 Å². The van der Waals surface area contributed by atoms with Crippen LogP contribution < -0.4 is 4.74 Å². The summed E-state index contributed by atoms with van der Waals surface area (Å²) in [5, 5.41) is 10.7. The first-order valence-corrected chi connectivity index (χ1v) is 16.2. The molecular formula is C34H35Cl2N3O6. The number of hydrogen-bond donors (Lipinski definition) is 1. The van der Waals surface area contributed by atoms with Crippen LogP contribution in [0.1, 0.15) is 42.7 Å². The number of ether oxygens (including phenoxy) is 1. The zero-order valence-corrected chi connectivity index (χ0v) is 26.6. The number of likely N-dealkylation sites (tertiary alicyclic amines) is 3. The molecule has 3 saturated heterocycles. The van der Waals surface area contributed by atoms with Crippen LogP contribution in [0.3, 0.4) is 0 Å². The fourth-order valence-electron chi connectivity index (χ4n) is 8.57. The average Bonchev–Trinajstić information content (AvgIpc) is 3.36. The van der Waals surface area contributed by atoms with E-state index in [1.54, 1.807) is 12.1 Å². The Morgan fingerprint density at radius 2 is 1.67 bits per heavy atom. The number of aromatic hydroxyl groups is 1. The standard InChI is InChI=1S/C34H35Cl2N3O6/c1-37-31(43)33(35)17-24-22(28(34(33,36)32(37)44)20-8-11-26(45-2)25(40)16-20)9-10-23-27(24)30(42)39(29(23)41)21-12-14-38(15-13-21)18-19-6-4-3-5-7-19/h3-9,11,16,21,23-24,27-28,40H,10,12-15,17-18H2,1-2H3. The lowest BCUT2D eigenvalue weighted by Gasteiger charge is -2.50. The molecule has 11 heteroatoms. The van der Waals surface area contributed by atoms with Crippen molar-refractivity contribution in [3.8, 4) is 11.5 Å². The lowest BCUT2D eigenvalue weighted by molar-refractivity contribution is -0.144. The van der Waals surface area contributed by atoms with Gasteiger partial charge >= 0.3 is 0 Å². The van der Waals surface area contributed by atoms with Gasteiger partial charge in [0.25, 0.3) is 11.8 Å². The number of phenolic OH excluding ortho intramolecular Hbond substituents is 1. The van der Waals surface area contributed by atoms with Crippen LogP contribution in [0.25, 0.3) is 0 Å². The summed E-state index contributed by atoms with van der Waals surface area (Å²) in [6, 6.07) is 14.7. The van der Waals surface area contributed by atoms with E-state index in [2.05, 4.69) is 17.0 Å². The quantitative estimate of drug-likeness (QED) is 0.295. The van der Waals surface area contributed by atoms with Crippen LogP contribution in [-0.2, 0) is 25.7 Å². The molecule has 4 amide bonds. The van der Waals surface area contributed by atoms with Gasteiger partial charge in [-0.05, 0) is 54.9 Å². The predicted molar refractivity (Wildman–Crippen MR) is 167 cm³/mol. The monoisotopic (exact) mass is 651 g/mol. The number of phenols is 1. The number of imide groups is 2. The Morgan fingerprint density at radius 3 is 2.33 bits per heavy atom. The minimum atomic E-state index is -1.90. The molecule has 6 unspecified atom stereocenters. The third kappa shape index (κ3) is 4.30. The zero-order chi connectivity index (χ0) is 31.8. The molecule has 0 aromatic heterocycles. The summed E-state index contributed by atoms with van der Waals surface area (Å²) < 4.78 is 5.23. The van der Waals surface area contributed by atoms with Crippen molar-refractivity contribution in [3.05, 3.63) is 71.3 Å². The summed E-state index contributed by atoms with van der Waals surface area (Å²) in [5.74, 6) is -4.43. The van der Waals surface area contributed by atoms with E-state index in [4.69, 9.17) is 27.9 Å². The number of halogens is 2. The maximum Gasteiger partial charge on any atom is 0.253 e. The van der Waals surface area contributed by atoms with Gasteiger partial charge in [-0.25, -0.2) is 0 Å². The number of carbonyl (C=O) groups is 4. The highest BCUT2D eigenvalue weighted by Gasteiger charge is 2.76. The van der Waals surface area contributed by atoms with Crippen LogP contribution in [0.5, 0.6) is 11.5 Å². The number of fused-ring (bicyclic) bond motifs is 4. The Balaban J connectivity index is 1.21. The summed E-state index contributed by atoms with van der Waals surface area (Å²) in [6.45, 7) is 2.35. The fourth-order valence-corrected chi connectivity index (χ4v) is 9.59. The zero-order valence-electron chi connectivity index (χ0n) is 25.1. The second kappa shape index (κ2) is 10.9. The van der Waals surface area contributed by atoms with E-state index in [9.17, 15) is 24.3 Å². The van der Waals surface area contributed by atoms with Crippen molar-refractivity contribution in [3.63, 3.8) is 0 Å². The Kier molecular flexibility index (Phi) is 7.30. The molecule has 2 aromatic rings. The summed E-state index contributed by atoms with van der Waals surface area (Å²) >= 11 is 14.5. The average molecular weight is 653 g/mol. The lowest BCUT2D eigenvalue weighted by atomic mass is 9.56. The van der Waals surface area contributed by atoms with Gasteiger partial charge in [0.1, 0.15) is 0 Å². The molecule has 0 bridgehead atoms. The molecule has 1 saturated carbocycles. The molecule has 0 spiro atoms. The van der Waals surface area contributed by atoms with Crippen LogP contribution in [0.4, 0.5) is 0 Å². The van der Waals surface area contributed by atoms with E-state index in [0.717, 1.165) is 24.5 Å². The Bertz CT molecular complexity index is 1620. The molecule has 4 fully saturated rings. The van der Waals surface area contributed by atoms with Crippen molar-refractivity contribution in [2.45, 2.75) is 53.9 Å². The number of hydrogen-bond acceptors (Lipinski definition) is 7. The summed E-state index contributed by atoms with van der Waals surface area (Å²) in [5.41, 5.74) is 2.39. The molecule has 3 aliphatic heterocycles. The third-order valence-electron chi connectivity index (χ3n) is 10.8. The van der Waals surface area contributed by atoms with E-state index in [1.807, 2.05) is 24.3 Å². The molecule has 2 aromatic carbocycles. The van der Waals surface area contributed by atoms with Crippen LogP contribution in [0.2, 0.25) is 0 Å². The van der Waals surface area contributed by atoms with Gasteiger partial charge in [0, 0.05) is 38.6 Å². The van der Waals surface area contributed by atoms with E-state index in [0.29, 0.717) is 30.4 Å². The summed E-state index contributed by atoms with van der Waals surface area (Å²) in [6.07, 6.45) is 3.53. The maximum absolute atomic E-state index is 14.3. The number of alkyl halides is 2. The van der Waals surface area contributed by atoms with Crippen LogP contribution in [0, 0.1) is 17.8 Å². The number of methoxy groups -OCH3 is 1. The molecule has 0 radical (unpaired) electrons. The highest BCUT2D eigenvalue weighted by molar-refractivity contribution is 6.53. The number of nitrogens with zero attached hydrogens (tertiary/aromatic N) is 3. The molecule has 2 aliphatic carbocycles. The first-order valence-electron chi connectivity index (χ1n) is 15.4. The minimum Gasteiger partial charge on any atom is -0.504 e. The van der Waals surface area contributed by atoms with E-state index < -0.39 is 45.2 Å². The van der Waals surface area contributed by atoms with Gasteiger partial charge in [-0.2, -0.15) is 0 Å². The Labute approximate surface area is 271 Å². The van der Waals surface area contributed by atoms with Gasteiger partial charge in [0.15, 0.2) is 21.2 Å². The van der Waals surface area contributed by atoms with Crippen molar-refractivity contribution in [1.82, 2.24) is 14.7 Å². The first kappa shape index (κ1) is 30.3. The molecule has 7 rings (SSSR count). The topological polar surface area (TPSA) is 107 Å². The summed E-state index contributed by atoms with van der Waals surface area (Å²) in [7, 11) is 2.79. The van der Waals surface area contributed by atoms with Gasteiger partial charge in [-0.1, -0.05) is 48.0 Å². The number of rotatable bonds is 5. The van der Waals surface area contributed by atoms with Crippen molar-refractivity contribution in [1.29, 1.82) is 0 Å². The molecule has 5 aliphatic rings. The number of amides is 4. The van der Waals surface area contributed by atoms with Crippen LogP contribution in [-0.4, -0.2) is 86.5 Å². The maximum atomic E-state index is 14.3. The molecule has 236 valence electrons. The lowest BCUT2D eigenvalue weighted by Crippen LogP contribution is -2.60. The number of allylic oxidation sites excluding steroid dienone is 2. The van der Waals surface area contributed by atoms with Crippen LogP contribution in [0.15, 0.2) is 60.2 Å². The molecule has 3 heterocycles. The highest BCUT2D eigenvalue weighted by atomic mass is 35.5. The largest absolute Gasteiger partial charge is 0.504 e.